The SMILES string of the molecule is CCc1c(C2(N)CCC2)cc(F)c(C)c1OC. The van der Waals surface area contributed by atoms with E-state index >= 15 is 0 Å². The molecule has 1 aliphatic rings. The predicted octanol–water partition coefficient (Wildman–Crippen LogP) is 3.04. The number of rotatable bonds is 3. The Labute approximate surface area is 102 Å². The zero-order valence-corrected chi connectivity index (χ0v) is 10.8. The number of hydrogen-bond acceptors (Lipinski definition) is 2. The van der Waals surface area contributed by atoms with E-state index in [-0.39, 0.29) is 11.4 Å². The molecule has 2 N–H and O–H groups in total. The molecule has 0 aromatic heterocycles. The lowest BCUT2D eigenvalue weighted by Gasteiger charge is -2.40. The van der Waals surface area contributed by atoms with E-state index in [1.807, 2.05) is 0 Å². The Morgan fingerprint density at radius 3 is 2.53 bits per heavy atom. The van der Waals surface area contributed by atoms with E-state index in [9.17, 15) is 4.39 Å². The van der Waals surface area contributed by atoms with Crippen molar-refractivity contribution in [3.8, 4) is 5.75 Å². The summed E-state index contributed by atoms with van der Waals surface area (Å²) in [7, 11) is 1.59. The Bertz CT molecular complexity index is 438. The van der Waals surface area contributed by atoms with Gasteiger partial charge in [-0.2, -0.15) is 0 Å². The Morgan fingerprint density at radius 1 is 1.47 bits per heavy atom. The van der Waals surface area contributed by atoms with Crippen LogP contribution < -0.4 is 10.5 Å². The van der Waals surface area contributed by atoms with Gasteiger partial charge in [-0.05, 0) is 49.8 Å². The van der Waals surface area contributed by atoms with E-state index in [1.165, 1.54) is 0 Å². The third kappa shape index (κ3) is 1.82. The number of nitrogens with two attached hydrogens (primary N) is 1. The first-order valence-corrected chi connectivity index (χ1v) is 6.19. The number of ether oxygens (including phenoxy) is 1. The Hall–Kier alpha value is -1.09. The summed E-state index contributed by atoms with van der Waals surface area (Å²) in [5.74, 6) is 0.449. The van der Waals surface area contributed by atoms with Gasteiger partial charge >= 0.3 is 0 Å². The molecule has 1 aromatic rings. The summed E-state index contributed by atoms with van der Waals surface area (Å²) in [6, 6.07) is 1.61. The van der Waals surface area contributed by atoms with Crippen LogP contribution in [-0.4, -0.2) is 7.11 Å². The van der Waals surface area contributed by atoms with Crippen LogP contribution in [0.15, 0.2) is 6.07 Å². The van der Waals surface area contributed by atoms with Crippen LogP contribution in [-0.2, 0) is 12.0 Å². The molecule has 0 saturated heterocycles. The second-order valence-electron chi connectivity index (χ2n) is 4.91. The van der Waals surface area contributed by atoms with Crippen molar-refractivity contribution in [2.24, 2.45) is 5.73 Å². The van der Waals surface area contributed by atoms with E-state index in [4.69, 9.17) is 10.5 Å². The third-order valence-electron chi connectivity index (χ3n) is 3.91. The van der Waals surface area contributed by atoms with Gasteiger partial charge in [0, 0.05) is 11.1 Å². The van der Waals surface area contributed by atoms with Crippen molar-refractivity contribution in [2.75, 3.05) is 7.11 Å². The van der Waals surface area contributed by atoms with Gasteiger partial charge in [0.15, 0.2) is 0 Å². The average molecular weight is 237 g/mol. The molecule has 0 radical (unpaired) electrons. The van der Waals surface area contributed by atoms with E-state index in [2.05, 4.69) is 6.92 Å². The van der Waals surface area contributed by atoms with Crippen LogP contribution in [0.25, 0.3) is 0 Å². The standard InChI is InChI=1S/C14H20FNO/c1-4-10-11(14(16)6-5-7-14)8-12(15)9(2)13(10)17-3/h8H,4-7,16H2,1-3H3. The molecule has 1 aliphatic carbocycles. The highest BCUT2D eigenvalue weighted by atomic mass is 19.1. The highest BCUT2D eigenvalue weighted by Gasteiger charge is 2.37. The Morgan fingerprint density at radius 2 is 2.12 bits per heavy atom. The molecular weight excluding hydrogens is 217 g/mol. The largest absolute Gasteiger partial charge is 0.496 e. The molecule has 0 spiro atoms. The van der Waals surface area contributed by atoms with Crippen LogP contribution in [0.2, 0.25) is 0 Å². The lowest BCUT2D eigenvalue weighted by atomic mass is 9.70. The van der Waals surface area contributed by atoms with Gasteiger partial charge in [0.2, 0.25) is 0 Å². The van der Waals surface area contributed by atoms with Crippen LogP contribution >= 0.6 is 0 Å². The van der Waals surface area contributed by atoms with Gasteiger partial charge in [0.1, 0.15) is 11.6 Å². The summed E-state index contributed by atoms with van der Waals surface area (Å²) in [5, 5.41) is 0. The average Bonchev–Trinajstić information content (AvgIpc) is 2.28. The summed E-state index contributed by atoms with van der Waals surface area (Å²) < 4.78 is 19.3. The Balaban J connectivity index is 2.62. The fraction of sp³-hybridized carbons (Fsp3) is 0.571. The molecule has 1 fully saturated rings. The van der Waals surface area contributed by atoms with Crippen LogP contribution in [0.1, 0.15) is 42.9 Å². The van der Waals surface area contributed by atoms with Crippen molar-refractivity contribution >= 4 is 0 Å². The number of halogens is 1. The maximum absolute atomic E-state index is 13.9. The fourth-order valence-corrected chi connectivity index (χ4v) is 2.68. The van der Waals surface area contributed by atoms with Crippen LogP contribution in [0.5, 0.6) is 5.75 Å². The molecular formula is C14H20FNO. The second kappa shape index (κ2) is 4.30. The lowest BCUT2D eigenvalue weighted by Crippen LogP contribution is -2.44. The molecule has 0 aliphatic heterocycles. The first-order valence-electron chi connectivity index (χ1n) is 6.19. The predicted molar refractivity (Wildman–Crippen MR) is 66.8 cm³/mol. The molecule has 3 heteroatoms. The first kappa shape index (κ1) is 12.4. The smallest absolute Gasteiger partial charge is 0.130 e. The van der Waals surface area contributed by atoms with E-state index in [0.29, 0.717) is 11.3 Å². The number of methoxy groups -OCH3 is 1. The molecule has 0 amide bonds. The molecule has 2 nitrogen and oxygen atoms in total. The zero-order valence-electron chi connectivity index (χ0n) is 10.8. The second-order valence-corrected chi connectivity index (χ2v) is 4.91. The number of hydrogen-bond donors (Lipinski definition) is 1. The Kier molecular flexibility index (Phi) is 3.13. The molecule has 0 atom stereocenters. The van der Waals surface area contributed by atoms with Gasteiger partial charge in [-0.1, -0.05) is 6.92 Å². The van der Waals surface area contributed by atoms with E-state index in [0.717, 1.165) is 36.8 Å². The van der Waals surface area contributed by atoms with Crippen molar-refractivity contribution in [1.82, 2.24) is 0 Å². The molecule has 17 heavy (non-hydrogen) atoms. The summed E-state index contributed by atoms with van der Waals surface area (Å²) in [6.45, 7) is 3.81. The number of benzene rings is 1. The molecule has 0 unspecified atom stereocenters. The van der Waals surface area contributed by atoms with Crippen molar-refractivity contribution in [3.63, 3.8) is 0 Å². The molecule has 0 heterocycles. The monoisotopic (exact) mass is 237 g/mol. The summed E-state index contributed by atoms with van der Waals surface area (Å²) in [4.78, 5) is 0. The molecule has 0 bridgehead atoms. The minimum absolute atomic E-state index is 0.217. The summed E-state index contributed by atoms with van der Waals surface area (Å²) in [6.07, 6.45) is 3.81. The van der Waals surface area contributed by atoms with Gasteiger partial charge in [0.25, 0.3) is 0 Å². The van der Waals surface area contributed by atoms with Crippen molar-refractivity contribution in [2.45, 2.75) is 45.1 Å². The quantitative estimate of drug-likeness (QED) is 0.877. The van der Waals surface area contributed by atoms with Gasteiger partial charge in [-0.3, -0.25) is 0 Å². The minimum Gasteiger partial charge on any atom is -0.496 e. The molecule has 94 valence electrons. The summed E-state index contributed by atoms with van der Waals surface area (Å²) in [5.41, 5.74) is 8.56. The normalized spacial score (nSPS) is 17.7. The summed E-state index contributed by atoms with van der Waals surface area (Å²) >= 11 is 0. The van der Waals surface area contributed by atoms with E-state index in [1.54, 1.807) is 20.1 Å². The fourth-order valence-electron chi connectivity index (χ4n) is 2.68. The van der Waals surface area contributed by atoms with Crippen LogP contribution in [0, 0.1) is 12.7 Å². The van der Waals surface area contributed by atoms with Crippen LogP contribution in [0.3, 0.4) is 0 Å². The van der Waals surface area contributed by atoms with Crippen molar-refractivity contribution < 1.29 is 9.13 Å². The first-order chi connectivity index (χ1) is 8.03. The van der Waals surface area contributed by atoms with E-state index < -0.39 is 0 Å². The lowest BCUT2D eigenvalue weighted by molar-refractivity contribution is 0.249. The topological polar surface area (TPSA) is 35.2 Å². The van der Waals surface area contributed by atoms with Crippen molar-refractivity contribution in [1.29, 1.82) is 0 Å². The molecule has 1 aromatic carbocycles. The van der Waals surface area contributed by atoms with Gasteiger partial charge in [-0.25, -0.2) is 4.39 Å². The van der Waals surface area contributed by atoms with Gasteiger partial charge in [0.05, 0.1) is 7.11 Å². The zero-order chi connectivity index (χ0) is 12.6. The highest BCUT2D eigenvalue weighted by Crippen LogP contribution is 2.43. The van der Waals surface area contributed by atoms with Gasteiger partial charge < -0.3 is 10.5 Å². The van der Waals surface area contributed by atoms with Crippen molar-refractivity contribution in [3.05, 3.63) is 28.6 Å². The molecule has 1 saturated carbocycles. The highest BCUT2D eigenvalue weighted by molar-refractivity contribution is 5.50. The minimum atomic E-state index is -0.340. The van der Waals surface area contributed by atoms with Gasteiger partial charge in [-0.15, -0.1) is 0 Å². The maximum atomic E-state index is 13.9. The third-order valence-corrected chi connectivity index (χ3v) is 3.91. The molecule has 2 rings (SSSR count). The van der Waals surface area contributed by atoms with Crippen LogP contribution in [0.4, 0.5) is 4.39 Å². The maximum Gasteiger partial charge on any atom is 0.130 e.